The van der Waals surface area contributed by atoms with Crippen molar-refractivity contribution in [1.29, 1.82) is 0 Å². The third-order valence-corrected chi connectivity index (χ3v) is 0.808. The van der Waals surface area contributed by atoms with Crippen LogP contribution in [0.1, 0.15) is 8.35 Å². The summed E-state index contributed by atoms with van der Waals surface area (Å²) in [5.41, 5.74) is -0.676. The Morgan fingerprint density at radius 3 is 2.00 bits per heavy atom. The van der Waals surface area contributed by atoms with Crippen molar-refractivity contribution < 1.29 is 45.2 Å². The monoisotopic (exact) mass is 131 g/mol. The molecular formula is C2H5NaO3P+. The fourth-order valence-electron chi connectivity index (χ4n) is 0. The van der Waals surface area contributed by atoms with Crippen molar-refractivity contribution in [3.63, 3.8) is 0 Å². The quantitative estimate of drug-likeness (QED) is 0.313. The Morgan fingerprint density at radius 1 is 1.86 bits per heavy atom. The molecule has 36 valence electrons. The van der Waals surface area contributed by atoms with E-state index in [1.54, 1.807) is 0 Å². The summed E-state index contributed by atoms with van der Waals surface area (Å²) in [6.45, 7) is 1.07. The van der Waals surface area contributed by atoms with Crippen molar-refractivity contribution in [2.45, 2.75) is 6.92 Å². The van der Waals surface area contributed by atoms with Crippen LogP contribution >= 0.6 is 8.03 Å². The molecule has 0 aromatic heterocycles. The normalized spacial score (nSPS) is 9.14. The maximum atomic E-state index is 9.61. The molecule has 0 aliphatic rings. The van der Waals surface area contributed by atoms with Gasteiger partial charge in [0.25, 0.3) is 0 Å². The van der Waals surface area contributed by atoms with Gasteiger partial charge in [-0.25, -0.2) is 4.79 Å². The molecule has 0 bridgehead atoms. The van der Waals surface area contributed by atoms with Gasteiger partial charge >= 0.3 is 43.1 Å². The van der Waals surface area contributed by atoms with Gasteiger partial charge < -0.3 is 1.43 Å². The minimum atomic E-state index is -2.55. The number of hydrogen-bond donors (Lipinski definition) is 1. The second-order valence-electron chi connectivity index (χ2n) is 0.792. The Morgan fingerprint density at radius 2 is 2.00 bits per heavy atom. The molecule has 7 heavy (non-hydrogen) atoms. The molecule has 0 radical (unpaired) electrons. The topological polar surface area (TPSA) is 54.4 Å². The molecule has 0 saturated carbocycles. The molecule has 0 aromatic rings. The first-order chi connectivity index (χ1) is 2.64. The first-order valence-corrected chi connectivity index (χ1v) is 2.52. The molecule has 1 atom stereocenters. The minimum absolute atomic E-state index is 0. The van der Waals surface area contributed by atoms with E-state index in [-0.39, 0.29) is 31.0 Å². The van der Waals surface area contributed by atoms with Gasteiger partial charge in [-0.3, -0.25) is 0 Å². The second-order valence-corrected chi connectivity index (χ2v) is 1.97. The van der Waals surface area contributed by atoms with Gasteiger partial charge in [-0.1, -0.05) is 0 Å². The van der Waals surface area contributed by atoms with Crippen LogP contribution in [-0.2, 0) is 9.36 Å². The Balaban J connectivity index is -0.000000125. The van der Waals surface area contributed by atoms with E-state index in [0.29, 0.717) is 0 Å². The summed E-state index contributed by atoms with van der Waals surface area (Å²) in [5.74, 6) is 0. The van der Waals surface area contributed by atoms with Crippen molar-refractivity contribution in [1.82, 2.24) is 0 Å². The molecular weight excluding hydrogens is 126 g/mol. The molecule has 0 heterocycles. The molecule has 1 unspecified atom stereocenters. The van der Waals surface area contributed by atoms with Crippen molar-refractivity contribution in [2.24, 2.45) is 0 Å². The standard InChI is InChI=1S/C2H3O3P.Na.H/c1-2(3)6(4)5;;/h1H3;;/q;+1;-1/p+1. The van der Waals surface area contributed by atoms with Gasteiger partial charge in [-0.05, 0) is 4.57 Å². The summed E-state index contributed by atoms with van der Waals surface area (Å²) in [6.07, 6.45) is 0. The molecule has 0 spiro atoms. The van der Waals surface area contributed by atoms with Crippen LogP contribution in [0.5, 0.6) is 0 Å². The van der Waals surface area contributed by atoms with Crippen LogP contribution in [0.25, 0.3) is 0 Å². The Hall–Kier alpha value is 0.730. The molecule has 3 nitrogen and oxygen atoms in total. The maximum absolute atomic E-state index is 9.61. The molecule has 1 N–H and O–H groups in total. The van der Waals surface area contributed by atoms with E-state index in [1.807, 2.05) is 0 Å². The molecule has 5 heteroatoms. The predicted octanol–water partition coefficient (Wildman–Crippen LogP) is -2.62. The van der Waals surface area contributed by atoms with E-state index in [4.69, 9.17) is 4.89 Å². The van der Waals surface area contributed by atoms with Crippen LogP contribution < -0.4 is 29.6 Å². The third-order valence-electron chi connectivity index (χ3n) is 0.269. The van der Waals surface area contributed by atoms with E-state index in [9.17, 15) is 9.36 Å². The van der Waals surface area contributed by atoms with Crippen LogP contribution in [0.4, 0.5) is 0 Å². The van der Waals surface area contributed by atoms with Crippen LogP contribution in [-0.4, -0.2) is 10.4 Å². The summed E-state index contributed by atoms with van der Waals surface area (Å²) >= 11 is 0. The van der Waals surface area contributed by atoms with Gasteiger partial charge in [0.05, 0.1) is 0 Å². The SMILES string of the molecule is CC(=O)[P+](=O)O.[H-].[Na+]. The molecule has 0 amide bonds. The predicted molar refractivity (Wildman–Crippen MR) is 21.6 cm³/mol. The second kappa shape index (κ2) is 4.88. The summed E-state index contributed by atoms with van der Waals surface area (Å²) in [5, 5.41) is 0. The zero-order valence-corrected chi connectivity index (χ0v) is 7.11. The molecule has 0 aliphatic heterocycles. The van der Waals surface area contributed by atoms with Crippen molar-refractivity contribution >= 4 is 13.6 Å². The zero-order chi connectivity index (χ0) is 5.15. The van der Waals surface area contributed by atoms with E-state index < -0.39 is 13.6 Å². The molecule has 0 aromatic carbocycles. The fourth-order valence-corrected chi connectivity index (χ4v) is 0. The minimum Gasteiger partial charge on any atom is -1.00 e. The van der Waals surface area contributed by atoms with E-state index in [1.165, 1.54) is 0 Å². The van der Waals surface area contributed by atoms with Crippen LogP contribution in [0.15, 0.2) is 0 Å². The van der Waals surface area contributed by atoms with E-state index in [0.717, 1.165) is 6.92 Å². The first kappa shape index (κ1) is 10.7. The van der Waals surface area contributed by atoms with Crippen molar-refractivity contribution in [2.75, 3.05) is 0 Å². The van der Waals surface area contributed by atoms with Crippen molar-refractivity contribution in [3.05, 3.63) is 0 Å². The molecule has 0 aliphatic carbocycles. The van der Waals surface area contributed by atoms with Gasteiger partial charge in [0.1, 0.15) is 0 Å². The van der Waals surface area contributed by atoms with Gasteiger partial charge in [0, 0.05) is 6.92 Å². The molecule has 0 rings (SSSR count). The van der Waals surface area contributed by atoms with Gasteiger partial charge in [0.15, 0.2) is 0 Å². The molecule has 0 saturated heterocycles. The summed E-state index contributed by atoms with van der Waals surface area (Å²) in [4.78, 5) is 17.4. The smallest absolute Gasteiger partial charge is 1.00 e. The van der Waals surface area contributed by atoms with Crippen molar-refractivity contribution in [3.8, 4) is 0 Å². The summed E-state index contributed by atoms with van der Waals surface area (Å²) in [6, 6.07) is 0. The summed E-state index contributed by atoms with van der Waals surface area (Å²) < 4.78 is 9.50. The summed E-state index contributed by atoms with van der Waals surface area (Å²) in [7, 11) is -2.55. The zero-order valence-electron chi connectivity index (χ0n) is 5.21. The number of rotatable bonds is 1. The van der Waals surface area contributed by atoms with Gasteiger partial charge in [0.2, 0.25) is 0 Å². The van der Waals surface area contributed by atoms with E-state index in [2.05, 4.69) is 0 Å². The largest absolute Gasteiger partial charge is 1.00 e. The molecule has 0 fully saturated rings. The Labute approximate surface area is 65.7 Å². The van der Waals surface area contributed by atoms with Gasteiger partial charge in [-0.2, -0.15) is 4.89 Å². The average molecular weight is 131 g/mol. The maximum Gasteiger partial charge on any atom is 1.00 e. The van der Waals surface area contributed by atoms with Crippen LogP contribution in [0.3, 0.4) is 0 Å². The Bertz CT molecular complexity index is 83.3. The Kier molecular flexibility index (Phi) is 7.43. The first-order valence-electron chi connectivity index (χ1n) is 1.31. The van der Waals surface area contributed by atoms with Crippen LogP contribution in [0.2, 0.25) is 0 Å². The van der Waals surface area contributed by atoms with Crippen LogP contribution in [0, 0.1) is 0 Å². The number of hydrogen-bond acceptors (Lipinski definition) is 2. The average Bonchev–Trinajstić information content (AvgIpc) is 1.36. The number of carbonyl (C=O) groups excluding carboxylic acids is 1. The number of carbonyl (C=O) groups is 1. The third kappa shape index (κ3) is 6.73. The van der Waals surface area contributed by atoms with E-state index >= 15 is 0 Å². The van der Waals surface area contributed by atoms with Gasteiger partial charge in [-0.15, -0.1) is 0 Å². The fraction of sp³-hybridized carbons (Fsp3) is 0.500.